The van der Waals surface area contributed by atoms with Crippen molar-refractivity contribution in [3.8, 4) is 0 Å². The highest BCUT2D eigenvalue weighted by Gasteiger charge is 2.34. The van der Waals surface area contributed by atoms with Gasteiger partial charge in [-0.3, -0.25) is 0 Å². The number of hydrogen-bond acceptors (Lipinski definition) is 2. The molecule has 0 fully saturated rings. The molecule has 2 nitrogen and oxygen atoms in total. The molecular weight excluding hydrogens is 210 g/mol. The predicted octanol–water partition coefficient (Wildman–Crippen LogP) is 3.74. The second-order valence-corrected chi connectivity index (χ2v) is 5.68. The highest BCUT2D eigenvalue weighted by Crippen LogP contribution is 2.42. The van der Waals surface area contributed by atoms with Crippen LogP contribution in [-0.2, 0) is 11.8 Å². The number of fused-ring (bicyclic) bond motifs is 1. The molecule has 1 aromatic carbocycles. The molecule has 0 saturated carbocycles. The SMILES string of the molecule is C/C(=N/O)c1cccc2c1CCC(C)C2(C)C. The Morgan fingerprint density at radius 1 is 1.41 bits per heavy atom. The van der Waals surface area contributed by atoms with Gasteiger partial charge in [0.2, 0.25) is 0 Å². The third-order valence-electron chi connectivity index (χ3n) is 4.47. The van der Waals surface area contributed by atoms with Gasteiger partial charge < -0.3 is 5.21 Å². The van der Waals surface area contributed by atoms with Crippen molar-refractivity contribution in [3.63, 3.8) is 0 Å². The summed E-state index contributed by atoms with van der Waals surface area (Å²) in [5.41, 5.74) is 4.80. The lowest BCUT2D eigenvalue weighted by Gasteiger charge is -2.39. The van der Waals surface area contributed by atoms with E-state index in [2.05, 4.69) is 44.1 Å². The van der Waals surface area contributed by atoms with E-state index in [0.717, 1.165) is 12.0 Å². The average Bonchev–Trinajstić information content (AvgIpc) is 2.33. The van der Waals surface area contributed by atoms with Gasteiger partial charge in [0.1, 0.15) is 0 Å². The first kappa shape index (κ1) is 12.2. The summed E-state index contributed by atoms with van der Waals surface area (Å²) in [6, 6.07) is 6.35. The van der Waals surface area contributed by atoms with Crippen molar-refractivity contribution in [2.24, 2.45) is 11.1 Å². The standard InChI is InChI=1S/C15H21NO/c1-10-8-9-13-12(11(2)16-17)6-5-7-14(13)15(10,3)4/h5-7,10,17H,8-9H2,1-4H3/b16-11-. The van der Waals surface area contributed by atoms with Gasteiger partial charge in [-0.05, 0) is 42.2 Å². The van der Waals surface area contributed by atoms with Gasteiger partial charge in [0.25, 0.3) is 0 Å². The number of rotatable bonds is 1. The minimum Gasteiger partial charge on any atom is -0.411 e. The molecule has 1 unspecified atom stereocenters. The Hall–Kier alpha value is -1.31. The summed E-state index contributed by atoms with van der Waals surface area (Å²) in [4.78, 5) is 0. The average molecular weight is 231 g/mol. The van der Waals surface area contributed by atoms with Crippen LogP contribution in [-0.4, -0.2) is 10.9 Å². The lowest BCUT2D eigenvalue weighted by atomic mass is 9.65. The molecule has 0 heterocycles. The zero-order valence-corrected chi connectivity index (χ0v) is 11.1. The van der Waals surface area contributed by atoms with Crippen LogP contribution >= 0.6 is 0 Å². The molecule has 1 aliphatic carbocycles. The van der Waals surface area contributed by atoms with E-state index in [4.69, 9.17) is 5.21 Å². The Morgan fingerprint density at radius 2 is 2.12 bits per heavy atom. The smallest absolute Gasteiger partial charge is 0.0839 e. The molecule has 17 heavy (non-hydrogen) atoms. The maximum absolute atomic E-state index is 8.96. The Kier molecular flexibility index (Phi) is 2.98. The van der Waals surface area contributed by atoms with Crippen molar-refractivity contribution in [2.75, 3.05) is 0 Å². The van der Waals surface area contributed by atoms with Crippen LogP contribution < -0.4 is 0 Å². The molecule has 0 saturated heterocycles. The zero-order valence-electron chi connectivity index (χ0n) is 11.1. The van der Waals surface area contributed by atoms with Crippen LogP contribution in [0.2, 0.25) is 0 Å². The molecule has 1 atom stereocenters. The Bertz CT molecular complexity index is 460. The van der Waals surface area contributed by atoms with Crippen LogP contribution in [0.1, 0.15) is 50.8 Å². The topological polar surface area (TPSA) is 32.6 Å². The summed E-state index contributed by atoms with van der Waals surface area (Å²) in [6.45, 7) is 8.80. The highest BCUT2D eigenvalue weighted by atomic mass is 16.4. The van der Waals surface area contributed by atoms with E-state index in [0.29, 0.717) is 11.6 Å². The lowest BCUT2D eigenvalue weighted by Crippen LogP contribution is -2.33. The summed E-state index contributed by atoms with van der Waals surface area (Å²) in [7, 11) is 0. The Morgan fingerprint density at radius 3 is 2.76 bits per heavy atom. The van der Waals surface area contributed by atoms with Gasteiger partial charge in [0, 0.05) is 5.56 Å². The second kappa shape index (κ2) is 4.17. The highest BCUT2D eigenvalue weighted by molar-refractivity contribution is 6.00. The molecule has 1 aromatic rings. The van der Waals surface area contributed by atoms with Crippen LogP contribution in [0.25, 0.3) is 0 Å². The maximum atomic E-state index is 8.96. The molecule has 0 radical (unpaired) electrons. The first-order valence-corrected chi connectivity index (χ1v) is 6.30. The van der Waals surface area contributed by atoms with Crippen LogP contribution in [0.4, 0.5) is 0 Å². The first-order chi connectivity index (χ1) is 7.98. The second-order valence-electron chi connectivity index (χ2n) is 5.68. The van der Waals surface area contributed by atoms with Crippen molar-refractivity contribution in [1.29, 1.82) is 0 Å². The van der Waals surface area contributed by atoms with Crippen molar-refractivity contribution >= 4 is 5.71 Å². The molecular formula is C15H21NO. The van der Waals surface area contributed by atoms with Gasteiger partial charge in [0.15, 0.2) is 0 Å². The van der Waals surface area contributed by atoms with Crippen LogP contribution in [0, 0.1) is 5.92 Å². The largest absolute Gasteiger partial charge is 0.411 e. The molecule has 0 bridgehead atoms. The van der Waals surface area contributed by atoms with E-state index in [1.54, 1.807) is 0 Å². The van der Waals surface area contributed by atoms with E-state index in [1.165, 1.54) is 17.5 Å². The van der Waals surface area contributed by atoms with Crippen LogP contribution in [0.15, 0.2) is 23.4 Å². The van der Waals surface area contributed by atoms with Crippen molar-refractivity contribution < 1.29 is 5.21 Å². The first-order valence-electron chi connectivity index (χ1n) is 6.30. The molecule has 92 valence electrons. The third-order valence-corrected chi connectivity index (χ3v) is 4.47. The van der Waals surface area contributed by atoms with Crippen LogP contribution in [0.3, 0.4) is 0 Å². The molecule has 0 aliphatic heterocycles. The summed E-state index contributed by atoms with van der Waals surface area (Å²) in [5, 5.41) is 12.3. The van der Waals surface area contributed by atoms with Gasteiger partial charge in [-0.2, -0.15) is 0 Å². The van der Waals surface area contributed by atoms with Crippen LogP contribution in [0.5, 0.6) is 0 Å². The molecule has 2 rings (SSSR count). The predicted molar refractivity (Wildman–Crippen MR) is 71.0 cm³/mol. The Balaban J connectivity index is 2.61. The fourth-order valence-corrected chi connectivity index (χ4v) is 2.84. The van der Waals surface area contributed by atoms with E-state index >= 15 is 0 Å². The number of nitrogens with zero attached hydrogens (tertiary/aromatic N) is 1. The number of benzene rings is 1. The minimum atomic E-state index is 0.208. The van der Waals surface area contributed by atoms with Gasteiger partial charge in [-0.15, -0.1) is 0 Å². The molecule has 0 amide bonds. The number of oxime groups is 1. The lowest BCUT2D eigenvalue weighted by molar-refractivity contribution is 0.301. The molecule has 1 N–H and O–H groups in total. The summed E-state index contributed by atoms with van der Waals surface area (Å²) >= 11 is 0. The summed E-state index contributed by atoms with van der Waals surface area (Å²) in [6.07, 6.45) is 2.29. The van der Waals surface area contributed by atoms with Gasteiger partial charge >= 0.3 is 0 Å². The minimum absolute atomic E-state index is 0.208. The Labute approximate surface area is 103 Å². The number of hydrogen-bond donors (Lipinski definition) is 1. The molecule has 1 aliphatic rings. The van der Waals surface area contributed by atoms with Crippen molar-refractivity contribution in [2.45, 2.75) is 46.0 Å². The molecule has 0 spiro atoms. The van der Waals surface area contributed by atoms with Gasteiger partial charge in [0.05, 0.1) is 5.71 Å². The monoisotopic (exact) mass is 231 g/mol. The quantitative estimate of drug-likeness (QED) is 0.445. The van der Waals surface area contributed by atoms with Crippen molar-refractivity contribution in [1.82, 2.24) is 0 Å². The van der Waals surface area contributed by atoms with E-state index in [1.807, 2.05) is 6.92 Å². The summed E-state index contributed by atoms with van der Waals surface area (Å²) < 4.78 is 0. The van der Waals surface area contributed by atoms with Gasteiger partial charge in [-0.1, -0.05) is 44.1 Å². The van der Waals surface area contributed by atoms with E-state index in [-0.39, 0.29) is 5.41 Å². The maximum Gasteiger partial charge on any atom is 0.0839 e. The van der Waals surface area contributed by atoms with Gasteiger partial charge in [-0.25, -0.2) is 0 Å². The van der Waals surface area contributed by atoms with E-state index in [9.17, 15) is 0 Å². The van der Waals surface area contributed by atoms with E-state index < -0.39 is 0 Å². The third kappa shape index (κ3) is 1.86. The fourth-order valence-electron chi connectivity index (χ4n) is 2.84. The molecule has 0 aromatic heterocycles. The summed E-state index contributed by atoms with van der Waals surface area (Å²) in [5.74, 6) is 0.691. The zero-order chi connectivity index (χ0) is 12.6. The fraction of sp³-hybridized carbons (Fsp3) is 0.533. The molecule has 2 heteroatoms. The normalized spacial score (nSPS) is 23.3. The van der Waals surface area contributed by atoms with Crippen molar-refractivity contribution in [3.05, 3.63) is 34.9 Å².